The van der Waals surface area contributed by atoms with E-state index in [0.29, 0.717) is 45.0 Å². The summed E-state index contributed by atoms with van der Waals surface area (Å²) in [4.78, 5) is 11.0. The Bertz CT molecular complexity index is 1090. The Hall–Kier alpha value is -2.42. The molecule has 1 aliphatic heterocycles. The SMILES string of the molecule is COc1cc2c(Nc3ccc(Br)cc3F)ncnc2cc1OCC=CCN1CCCC1.Cl. The highest BCUT2D eigenvalue weighted by Crippen LogP contribution is 2.35. The Labute approximate surface area is 201 Å². The van der Waals surface area contributed by atoms with Gasteiger partial charge in [0.05, 0.1) is 18.3 Å². The van der Waals surface area contributed by atoms with E-state index >= 15 is 0 Å². The van der Waals surface area contributed by atoms with E-state index in [1.807, 2.05) is 12.1 Å². The predicted octanol–water partition coefficient (Wildman–Crippen LogP) is 5.74. The van der Waals surface area contributed by atoms with Gasteiger partial charge >= 0.3 is 0 Å². The first-order valence-electron chi connectivity index (χ1n) is 10.2. The Morgan fingerprint density at radius 3 is 2.69 bits per heavy atom. The van der Waals surface area contributed by atoms with Crippen LogP contribution in [-0.2, 0) is 0 Å². The van der Waals surface area contributed by atoms with Crippen LogP contribution in [0.5, 0.6) is 11.5 Å². The normalized spacial score (nSPS) is 14.0. The summed E-state index contributed by atoms with van der Waals surface area (Å²) in [7, 11) is 1.59. The monoisotopic (exact) mass is 522 g/mol. The number of anilines is 2. The van der Waals surface area contributed by atoms with E-state index in [0.717, 1.165) is 6.54 Å². The van der Waals surface area contributed by atoms with Crippen molar-refractivity contribution in [2.75, 3.05) is 38.7 Å². The predicted molar refractivity (Wildman–Crippen MR) is 131 cm³/mol. The molecule has 170 valence electrons. The number of aromatic nitrogens is 2. The molecule has 6 nitrogen and oxygen atoms in total. The summed E-state index contributed by atoms with van der Waals surface area (Å²) in [6.07, 6.45) is 8.16. The number of methoxy groups -OCH3 is 1. The summed E-state index contributed by atoms with van der Waals surface area (Å²) in [5, 5.41) is 3.75. The van der Waals surface area contributed by atoms with Crippen molar-refractivity contribution in [3.8, 4) is 11.5 Å². The van der Waals surface area contributed by atoms with Crippen LogP contribution in [0.3, 0.4) is 0 Å². The third kappa shape index (κ3) is 5.88. The fraction of sp³-hybridized carbons (Fsp3) is 0.304. The van der Waals surface area contributed by atoms with Crippen LogP contribution in [0.2, 0.25) is 0 Å². The molecule has 1 N–H and O–H groups in total. The minimum atomic E-state index is -0.381. The highest BCUT2D eigenvalue weighted by Gasteiger charge is 2.13. The van der Waals surface area contributed by atoms with Crippen molar-refractivity contribution in [1.82, 2.24) is 14.9 Å². The van der Waals surface area contributed by atoms with E-state index in [1.165, 1.54) is 38.3 Å². The molecule has 0 radical (unpaired) electrons. The molecule has 1 aliphatic rings. The molecule has 1 saturated heterocycles. The standard InChI is InChI=1S/C23H24BrFN4O2.ClH/c1-30-21-13-17-20(14-22(21)31-11-5-4-10-29-8-2-3-9-29)26-15-27-23(17)28-19-7-6-16(24)12-18(19)25;/h4-7,12-15H,2-3,8-11H2,1H3,(H,26,27,28);1H. The van der Waals surface area contributed by atoms with Gasteiger partial charge in [0.1, 0.15) is 24.6 Å². The third-order valence-electron chi connectivity index (χ3n) is 5.17. The van der Waals surface area contributed by atoms with Crippen LogP contribution in [0.25, 0.3) is 10.9 Å². The summed E-state index contributed by atoms with van der Waals surface area (Å²) < 4.78 is 26.4. The maximum Gasteiger partial charge on any atom is 0.163 e. The highest BCUT2D eigenvalue weighted by molar-refractivity contribution is 9.10. The van der Waals surface area contributed by atoms with Gasteiger partial charge in [-0.2, -0.15) is 0 Å². The molecule has 0 saturated carbocycles. The molecule has 1 aromatic heterocycles. The van der Waals surface area contributed by atoms with Gasteiger partial charge in [-0.15, -0.1) is 12.4 Å². The largest absolute Gasteiger partial charge is 0.493 e. The lowest BCUT2D eigenvalue weighted by Crippen LogP contribution is -2.18. The fourth-order valence-corrected chi connectivity index (χ4v) is 3.88. The van der Waals surface area contributed by atoms with Crippen LogP contribution in [0.15, 0.2) is 53.3 Å². The van der Waals surface area contributed by atoms with Gasteiger partial charge in [0, 0.05) is 22.5 Å². The average molecular weight is 524 g/mol. The summed E-state index contributed by atoms with van der Waals surface area (Å²) in [6.45, 7) is 3.73. The molecule has 4 rings (SSSR count). The van der Waals surface area contributed by atoms with Crippen molar-refractivity contribution in [2.45, 2.75) is 12.8 Å². The molecule has 32 heavy (non-hydrogen) atoms. The van der Waals surface area contributed by atoms with Gasteiger partial charge in [0.2, 0.25) is 0 Å². The summed E-state index contributed by atoms with van der Waals surface area (Å²) in [5.74, 6) is 1.27. The highest BCUT2D eigenvalue weighted by atomic mass is 79.9. The van der Waals surface area contributed by atoms with Crippen LogP contribution in [0.1, 0.15) is 12.8 Å². The second kappa shape index (κ2) is 11.4. The fourth-order valence-electron chi connectivity index (χ4n) is 3.55. The van der Waals surface area contributed by atoms with Gasteiger partial charge in [-0.1, -0.05) is 28.1 Å². The van der Waals surface area contributed by atoms with Crippen LogP contribution < -0.4 is 14.8 Å². The Morgan fingerprint density at radius 1 is 1.12 bits per heavy atom. The molecule has 0 unspecified atom stereocenters. The van der Waals surface area contributed by atoms with Crippen molar-refractivity contribution in [3.05, 3.63) is 59.1 Å². The third-order valence-corrected chi connectivity index (χ3v) is 5.66. The van der Waals surface area contributed by atoms with Crippen molar-refractivity contribution >= 4 is 50.7 Å². The van der Waals surface area contributed by atoms with Crippen LogP contribution in [0, 0.1) is 5.82 Å². The van der Waals surface area contributed by atoms with Gasteiger partial charge in [-0.3, -0.25) is 4.90 Å². The molecule has 0 atom stereocenters. The van der Waals surface area contributed by atoms with Gasteiger partial charge < -0.3 is 14.8 Å². The average Bonchev–Trinajstić information content (AvgIpc) is 3.28. The van der Waals surface area contributed by atoms with Crippen LogP contribution in [0.4, 0.5) is 15.9 Å². The molecule has 9 heteroatoms. The van der Waals surface area contributed by atoms with Crippen molar-refractivity contribution < 1.29 is 13.9 Å². The van der Waals surface area contributed by atoms with E-state index in [4.69, 9.17) is 9.47 Å². The van der Waals surface area contributed by atoms with Crippen LogP contribution >= 0.6 is 28.3 Å². The number of rotatable bonds is 8. The molecule has 0 bridgehead atoms. The lowest BCUT2D eigenvalue weighted by molar-refractivity contribution is 0.325. The number of halogens is 3. The molecular weight excluding hydrogens is 499 g/mol. The Morgan fingerprint density at radius 2 is 1.94 bits per heavy atom. The maximum atomic E-state index is 14.3. The lowest BCUT2D eigenvalue weighted by Gasteiger charge is -2.14. The van der Waals surface area contributed by atoms with E-state index in [9.17, 15) is 4.39 Å². The Kier molecular flexibility index (Phi) is 8.67. The lowest BCUT2D eigenvalue weighted by atomic mass is 10.2. The van der Waals surface area contributed by atoms with Gasteiger partial charge in [-0.25, -0.2) is 14.4 Å². The van der Waals surface area contributed by atoms with Gasteiger partial charge in [-0.05, 0) is 50.2 Å². The molecule has 2 aromatic carbocycles. The number of ether oxygens (including phenoxy) is 2. The quantitative estimate of drug-likeness (QED) is 0.380. The van der Waals surface area contributed by atoms with E-state index in [1.54, 1.807) is 25.3 Å². The van der Waals surface area contributed by atoms with Crippen LogP contribution in [-0.4, -0.2) is 48.2 Å². The number of benzene rings is 2. The molecule has 0 amide bonds. The summed E-state index contributed by atoms with van der Waals surface area (Å²) >= 11 is 3.26. The molecular formula is C23H25BrClFN4O2. The molecule has 0 aliphatic carbocycles. The number of fused-ring (bicyclic) bond motifs is 1. The second-order valence-corrected chi connectivity index (χ2v) is 8.20. The van der Waals surface area contributed by atoms with Crippen molar-refractivity contribution in [2.24, 2.45) is 0 Å². The summed E-state index contributed by atoms with van der Waals surface area (Å²) in [5.41, 5.74) is 0.998. The number of hydrogen-bond donors (Lipinski definition) is 1. The number of nitrogens with one attached hydrogen (secondary N) is 1. The van der Waals surface area contributed by atoms with Crippen molar-refractivity contribution in [1.29, 1.82) is 0 Å². The topological polar surface area (TPSA) is 59.5 Å². The molecule has 3 aromatic rings. The number of likely N-dealkylation sites (tertiary alicyclic amines) is 1. The van der Waals surface area contributed by atoms with E-state index in [-0.39, 0.29) is 18.2 Å². The van der Waals surface area contributed by atoms with Crippen molar-refractivity contribution in [3.63, 3.8) is 0 Å². The molecule has 2 heterocycles. The van der Waals surface area contributed by atoms with Gasteiger partial charge in [0.15, 0.2) is 11.5 Å². The van der Waals surface area contributed by atoms with E-state index < -0.39 is 0 Å². The minimum Gasteiger partial charge on any atom is -0.493 e. The maximum absolute atomic E-state index is 14.3. The zero-order valence-corrected chi connectivity index (χ0v) is 20.1. The first kappa shape index (κ1) is 24.2. The zero-order valence-electron chi connectivity index (χ0n) is 17.7. The number of hydrogen-bond acceptors (Lipinski definition) is 6. The first-order valence-corrected chi connectivity index (χ1v) is 11.0. The molecule has 0 spiro atoms. The number of nitrogens with zero attached hydrogens (tertiary/aromatic N) is 3. The van der Waals surface area contributed by atoms with E-state index in [2.05, 4.69) is 42.2 Å². The Balaban J connectivity index is 0.00000289. The first-order chi connectivity index (χ1) is 15.1. The zero-order chi connectivity index (χ0) is 21.6. The van der Waals surface area contributed by atoms with Gasteiger partial charge in [0.25, 0.3) is 0 Å². The smallest absolute Gasteiger partial charge is 0.163 e. The second-order valence-electron chi connectivity index (χ2n) is 7.28. The molecule has 1 fully saturated rings. The summed E-state index contributed by atoms with van der Waals surface area (Å²) in [6, 6.07) is 8.43. The minimum absolute atomic E-state index is 0.